The zero-order valence-corrected chi connectivity index (χ0v) is 18.2. The summed E-state index contributed by atoms with van der Waals surface area (Å²) in [7, 11) is 1.53. The van der Waals surface area contributed by atoms with Gasteiger partial charge in [-0.2, -0.15) is 0 Å². The zero-order chi connectivity index (χ0) is 22.9. The molecule has 1 amide bonds. The van der Waals surface area contributed by atoms with Crippen molar-refractivity contribution >= 4 is 28.3 Å². The molecule has 5 rings (SSSR count). The number of ketones is 1. The van der Waals surface area contributed by atoms with Gasteiger partial charge in [-0.15, -0.1) is 0 Å². The summed E-state index contributed by atoms with van der Waals surface area (Å²) in [5.74, 6) is 0.100. The molecule has 3 N–H and O–H groups in total. The number of Topliss-reactive ketones (excluding diaryl/α,β-unsaturated/α-hetero) is 1. The van der Waals surface area contributed by atoms with E-state index in [9.17, 15) is 14.0 Å². The maximum absolute atomic E-state index is 14.0. The van der Waals surface area contributed by atoms with Gasteiger partial charge in [-0.05, 0) is 42.7 Å². The Morgan fingerprint density at radius 1 is 1.24 bits per heavy atom. The van der Waals surface area contributed by atoms with Crippen LogP contribution in [-0.2, 0) is 9.59 Å². The molecule has 2 aromatic heterocycles. The molecule has 2 aliphatic heterocycles. The predicted octanol–water partition coefficient (Wildman–Crippen LogP) is 2.61. The summed E-state index contributed by atoms with van der Waals surface area (Å²) in [6.07, 6.45) is 4.99. The third-order valence-electron chi connectivity index (χ3n) is 6.34. The fourth-order valence-electron chi connectivity index (χ4n) is 4.57. The molecule has 1 saturated heterocycles. The second-order valence-corrected chi connectivity index (χ2v) is 8.35. The number of H-pyrrole nitrogens is 1. The third-order valence-corrected chi connectivity index (χ3v) is 6.34. The maximum Gasteiger partial charge on any atom is 0.220 e. The summed E-state index contributed by atoms with van der Waals surface area (Å²) in [4.78, 5) is 36.5. The van der Waals surface area contributed by atoms with Crippen molar-refractivity contribution in [1.29, 1.82) is 0 Å². The number of nitrogens with one attached hydrogen (secondary N) is 3. The molecule has 4 heterocycles. The van der Waals surface area contributed by atoms with Crippen LogP contribution in [0.25, 0.3) is 27.9 Å². The number of amides is 1. The largest absolute Gasteiger partial charge is 0.496 e. The Balaban J connectivity index is 1.43. The standard InChI is InChI=1S/C24H24FN5O3/c1-33-20-4-3-15(25)9-16(20)22-17-10-18(30-24(17)29-12-28-22)13-6-7-26-19(8-13)23(32)14-2-5-21(31)27-11-14/h3-4,6,9-10,12,14,19,26H,2,5,7-8,11H2,1H3,(H,27,31)(H,28,29,30). The van der Waals surface area contributed by atoms with Gasteiger partial charge in [-0.1, -0.05) is 6.08 Å². The van der Waals surface area contributed by atoms with Crippen LogP contribution in [-0.4, -0.2) is 52.9 Å². The molecular weight excluding hydrogens is 425 g/mol. The van der Waals surface area contributed by atoms with Crippen molar-refractivity contribution in [2.24, 2.45) is 5.92 Å². The average molecular weight is 449 g/mol. The normalized spacial score (nSPS) is 20.9. The molecule has 1 aromatic carbocycles. The van der Waals surface area contributed by atoms with Gasteiger partial charge < -0.3 is 20.4 Å². The lowest BCUT2D eigenvalue weighted by molar-refractivity contribution is -0.128. The molecule has 2 unspecified atom stereocenters. The average Bonchev–Trinajstić information content (AvgIpc) is 3.29. The van der Waals surface area contributed by atoms with Gasteiger partial charge >= 0.3 is 0 Å². The quantitative estimate of drug-likeness (QED) is 0.553. The van der Waals surface area contributed by atoms with E-state index in [4.69, 9.17) is 4.74 Å². The number of fused-ring (bicyclic) bond motifs is 1. The summed E-state index contributed by atoms with van der Waals surface area (Å²) in [5, 5.41) is 6.81. The highest BCUT2D eigenvalue weighted by molar-refractivity contribution is 5.96. The number of ether oxygens (including phenoxy) is 1. The highest BCUT2D eigenvalue weighted by Gasteiger charge is 2.32. The van der Waals surface area contributed by atoms with E-state index >= 15 is 0 Å². The summed E-state index contributed by atoms with van der Waals surface area (Å²) >= 11 is 0. The third kappa shape index (κ3) is 4.11. The molecule has 33 heavy (non-hydrogen) atoms. The van der Waals surface area contributed by atoms with E-state index < -0.39 is 0 Å². The minimum atomic E-state index is -0.380. The molecule has 0 spiro atoms. The van der Waals surface area contributed by atoms with Crippen LogP contribution in [0.3, 0.4) is 0 Å². The fourth-order valence-corrected chi connectivity index (χ4v) is 4.57. The van der Waals surface area contributed by atoms with Crippen LogP contribution >= 0.6 is 0 Å². The number of hydrogen-bond acceptors (Lipinski definition) is 6. The molecule has 2 atom stereocenters. The first-order valence-electron chi connectivity index (χ1n) is 10.9. The lowest BCUT2D eigenvalue weighted by Gasteiger charge is -2.28. The van der Waals surface area contributed by atoms with E-state index in [1.807, 2.05) is 12.1 Å². The van der Waals surface area contributed by atoms with Gasteiger partial charge in [0.1, 0.15) is 23.5 Å². The van der Waals surface area contributed by atoms with Crippen molar-refractivity contribution in [3.63, 3.8) is 0 Å². The molecule has 2 aliphatic rings. The van der Waals surface area contributed by atoms with Gasteiger partial charge in [0.2, 0.25) is 5.91 Å². The maximum atomic E-state index is 14.0. The Hall–Kier alpha value is -3.59. The minimum Gasteiger partial charge on any atom is -0.496 e. The van der Waals surface area contributed by atoms with E-state index in [1.54, 1.807) is 6.07 Å². The number of aromatic nitrogens is 3. The van der Waals surface area contributed by atoms with Gasteiger partial charge in [-0.3, -0.25) is 9.59 Å². The van der Waals surface area contributed by atoms with Gasteiger partial charge in [-0.25, -0.2) is 14.4 Å². The minimum absolute atomic E-state index is 0.00107. The van der Waals surface area contributed by atoms with Crippen LogP contribution in [0.1, 0.15) is 25.0 Å². The SMILES string of the molecule is COc1ccc(F)cc1-c1ncnc2[nH]c(C3=CCNC(C(=O)C4CCC(=O)NC4)C3)cc12. The second-order valence-electron chi connectivity index (χ2n) is 8.35. The van der Waals surface area contributed by atoms with Crippen molar-refractivity contribution in [2.45, 2.75) is 25.3 Å². The number of nitrogens with zero attached hydrogens (tertiary/aromatic N) is 2. The first kappa shape index (κ1) is 21.3. The number of hydrogen-bond donors (Lipinski definition) is 3. The molecule has 9 heteroatoms. The summed E-state index contributed by atoms with van der Waals surface area (Å²) < 4.78 is 19.4. The van der Waals surface area contributed by atoms with Crippen LogP contribution in [0.15, 0.2) is 36.7 Å². The molecule has 0 radical (unpaired) electrons. The summed E-state index contributed by atoms with van der Waals surface area (Å²) in [5.41, 5.74) is 3.58. The van der Waals surface area contributed by atoms with E-state index in [0.29, 0.717) is 55.0 Å². The van der Waals surface area contributed by atoms with Crippen LogP contribution in [0.4, 0.5) is 4.39 Å². The van der Waals surface area contributed by atoms with Gasteiger partial charge in [0.05, 0.1) is 18.8 Å². The zero-order valence-electron chi connectivity index (χ0n) is 18.2. The van der Waals surface area contributed by atoms with Gasteiger partial charge in [0.25, 0.3) is 0 Å². The van der Waals surface area contributed by atoms with Crippen molar-refractivity contribution in [3.05, 3.63) is 48.2 Å². The predicted molar refractivity (Wildman–Crippen MR) is 121 cm³/mol. The Kier molecular flexibility index (Phi) is 5.63. The van der Waals surface area contributed by atoms with Crippen molar-refractivity contribution in [3.8, 4) is 17.0 Å². The second kappa shape index (κ2) is 8.74. The molecule has 3 aromatic rings. The monoisotopic (exact) mass is 449 g/mol. The number of benzene rings is 1. The van der Waals surface area contributed by atoms with E-state index in [1.165, 1.54) is 25.6 Å². The first-order chi connectivity index (χ1) is 16.0. The van der Waals surface area contributed by atoms with Gasteiger partial charge in [0, 0.05) is 42.1 Å². The topological polar surface area (TPSA) is 109 Å². The van der Waals surface area contributed by atoms with Crippen LogP contribution in [0.5, 0.6) is 5.75 Å². The first-order valence-corrected chi connectivity index (χ1v) is 10.9. The molecule has 170 valence electrons. The van der Waals surface area contributed by atoms with Gasteiger partial charge in [0.15, 0.2) is 5.78 Å². The number of rotatable bonds is 5. The molecule has 0 aliphatic carbocycles. The number of piperidine rings is 1. The molecular formula is C24H24FN5O3. The number of methoxy groups -OCH3 is 1. The number of carbonyl (C=O) groups excluding carboxylic acids is 2. The van der Waals surface area contributed by atoms with E-state index in [0.717, 1.165) is 16.7 Å². The van der Waals surface area contributed by atoms with E-state index in [2.05, 4.69) is 25.6 Å². The van der Waals surface area contributed by atoms with Crippen LogP contribution in [0, 0.1) is 11.7 Å². The molecule has 8 nitrogen and oxygen atoms in total. The Bertz CT molecular complexity index is 1260. The summed E-state index contributed by atoms with van der Waals surface area (Å²) in [6, 6.07) is 5.94. The number of aromatic amines is 1. The highest BCUT2D eigenvalue weighted by atomic mass is 19.1. The number of halogens is 1. The number of carbonyl (C=O) groups is 2. The molecule has 0 bridgehead atoms. The lowest BCUT2D eigenvalue weighted by Crippen LogP contribution is -2.47. The Morgan fingerprint density at radius 2 is 2.12 bits per heavy atom. The van der Waals surface area contributed by atoms with E-state index in [-0.39, 0.29) is 29.5 Å². The smallest absolute Gasteiger partial charge is 0.220 e. The van der Waals surface area contributed by atoms with Crippen molar-refractivity contribution in [1.82, 2.24) is 25.6 Å². The molecule has 1 fully saturated rings. The summed E-state index contributed by atoms with van der Waals surface area (Å²) in [6.45, 7) is 0.964. The van der Waals surface area contributed by atoms with Crippen molar-refractivity contribution in [2.75, 3.05) is 20.2 Å². The highest BCUT2D eigenvalue weighted by Crippen LogP contribution is 2.35. The lowest BCUT2D eigenvalue weighted by atomic mass is 9.86. The Morgan fingerprint density at radius 3 is 2.91 bits per heavy atom. The van der Waals surface area contributed by atoms with Crippen LogP contribution < -0.4 is 15.4 Å². The van der Waals surface area contributed by atoms with Crippen molar-refractivity contribution < 1.29 is 18.7 Å². The fraction of sp³-hybridized carbons (Fsp3) is 0.333. The Labute approximate surface area is 189 Å². The van der Waals surface area contributed by atoms with Crippen LogP contribution in [0.2, 0.25) is 0 Å². The molecule has 0 saturated carbocycles.